The number of halogens is 3. The minimum Gasteiger partial charge on any atom is -0.487 e. The largest absolute Gasteiger partial charge is 0.487 e. The number of fused-ring (bicyclic) bond motifs is 1. The second kappa shape index (κ2) is 9.39. The summed E-state index contributed by atoms with van der Waals surface area (Å²) in [5.41, 5.74) is 2.55. The molecule has 0 aliphatic carbocycles. The fourth-order valence-electron chi connectivity index (χ4n) is 2.83. The quantitative estimate of drug-likeness (QED) is 0.334. The van der Waals surface area contributed by atoms with Crippen LogP contribution in [0.1, 0.15) is 5.56 Å². The predicted molar refractivity (Wildman–Crippen MR) is 124 cm³/mol. The van der Waals surface area contributed by atoms with Crippen molar-refractivity contribution in [1.29, 1.82) is 0 Å². The Morgan fingerprint density at radius 3 is 2.52 bits per heavy atom. The van der Waals surface area contributed by atoms with Gasteiger partial charge in [0, 0.05) is 22.3 Å². The van der Waals surface area contributed by atoms with Crippen molar-refractivity contribution in [2.24, 2.45) is 0 Å². The Balaban J connectivity index is 1.56. The van der Waals surface area contributed by atoms with Crippen LogP contribution in [-0.2, 0) is 6.61 Å². The first-order chi connectivity index (χ1) is 15.0. The molecule has 6 nitrogen and oxygen atoms in total. The third kappa shape index (κ3) is 5.35. The van der Waals surface area contributed by atoms with E-state index in [0.29, 0.717) is 44.3 Å². The minimum absolute atomic E-state index is 0.291. The van der Waals surface area contributed by atoms with E-state index < -0.39 is 6.03 Å². The van der Waals surface area contributed by atoms with Crippen LogP contribution in [0.15, 0.2) is 67.1 Å². The van der Waals surface area contributed by atoms with Gasteiger partial charge in [-0.3, -0.25) is 0 Å². The topological polar surface area (TPSA) is 76.1 Å². The van der Waals surface area contributed by atoms with Crippen LogP contribution in [0.25, 0.3) is 10.9 Å². The van der Waals surface area contributed by atoms with Gasteiger partial charge in [0.05, 0.1) is 21.2 Å². The van der Waals surface area contributed by atoms with E-state index in [0.717, 1.165) is 10.9 Å². The van der Waals surface area contributed by atoms with Crippen LogP contribution in [-0.4, -0.2) is 16.0 Å². The number of amides is 2. The molecule has 4 rings (SSSR count). The summed E-state index contributed by atoms with van der Waals surface area (Å²) in [6.07, 6.45) is 3.12. The summed E-state index contributed by atoms with van der Waals surface area (Å²) in [5, 5.41) is 7.69. The molecule has 0 bridgehead atoms. The van der Waals surface area contributed by atoms with Crippen LogP contribution in [0.3, 0.4) is 0 Å². The number of benzene rings is 3. The molecule has 156 valence electrons. The van der Waals surface area contributed by atoms with Crippen molar-refractivity contribution >= 4 is 63.1 Å². The molecule has 2 amide bonds. The van der Waals surface area contributed by atoms with E-state index in [1.54, 1.807) is 48.7 Å². The van der Waals surface area contributed by atoms with E-state index in [-0.39, 0.29) is 0 Å². The molecule has 0 saturated carbocycles. The zero-order chi connectivity index (χ0) is 21.8. The normalized spacial score (nSPS) is 10.7. The number of urea groups is 1. The van der Waals surface area contributed by atoms with Gasteiger partial charge < -0.3 is 15.4 Å². The maximum atomic E-state index is 12.6. The van der Waals surface area contributed by atoms with Crippen molar-refractivity contribution in [3.05, 3.63) is 87.8 Å². The van der Waals surface area contributed by atoms with Crippen LogP contribution in [0, 0.1) is 0 Å². The van der Waals surface area contributed by atoms with Crippen LogP contribution in [0.2, 0.25) is 15.1 Å². The van der Waals surface area contributed by atoms with Crippen molar-refractivity contribution < 1.29 is 9.53 Å². The molecule has 0 spiro atoms. The predicted octanol–water partition coefficient (Wildman–Crippen LogP) is 6.81. The zero-order valence-electron chi connectivity index (χ0n) is 15.9. The van der Waals surface area contributed by atoms with E-state index in [9.17, 15) is 4.79 Å². The molecule has 0 atom stereocenters. The highest BCUT2D eigenvalue weighted by Gasteiger charge is 2.12. The standard InChI is InChI=1S/C22H15Cl3N4O2/c23-15-3-1-13(2-4-15)11-31-21-7-14-10-26-12-27-19(14)9-20(21)29-22(30)28-16-5-6-17(24)18(25)8-16/h1-10,12H,11H2,(H2,28,29,30). The Bertz CT molecular complexity index is 1250. The van der Waals surface area contributed by atoms with E-state index >= 15 is 0 Å². The van der Waals surface area contributed by atoms with E-state index in [4.69, 9.17) is 39.5 Å². The zero-order valence-corrected chi connectivity index (χ0v) is 18.2. The molecule has 0 unspecified atom stereocenters. The average molecular weight is 474 g/mol. The molecule has 0 saturated heterocycles. The second-order valence-electron chi connectivity index (χ2n) is 6.55. The molecule has 2 N–H and O–H groups in total. The lowest BCUT2D eigenvalue weighted by atomic mass is 10.2. The van der Waals surface area contributed by atoms with Crippen LogP contribution >= 0.6 is 34.8 Å². The fourth-order valence-corrected chi connectivity index (χ4v) is 3.25. The lowest BCUT2D eigenvalue weighted by molar-refractivity contribution is 0.261. The van der Waals surface area contributed by atoms with Gasteiger partial charge >= 0.3 is 6.03 Å². The van der Waals surface area contributed by atoms with Gasteiger partial charge in [0.2, 0.25) is 0 Å². The molecule has 0 fully saturated rings. The number of aromatic nitrogens is 2. The highest BCUT2D eigenvalue weighted by molar-refractivity contribution is 6.42. The van der Waals surface area contributed by atoms with Crippen LogP contribution < -0.4 is 15.4 Å². The number of anilines is 2. The van der Waals surface area contributed by atoms with Gasteiger partial charge in [-0.2, -0.15) is 0 Å². The second-order valence-corrected chi connectivity index (χ2v) is 7.80. The van der Waals surface area contributed by atoms with E-state index in [1.165, 1.54) is 6.33 Å². The summed E-state index contributed by atoms with van der Waals surface area (Å²) < 4.78 is 5.98. The number of carbonyl (C=O) groups is 1. The van der Waals surface area contributed by atoms with Gasteiger partial charge in [0.15, 0.2) is 0 Å². The molecule has 9 heteroatoms. The molecule has 1 heterocycles. The first-order valence-electron chi connectivity index (χ1n) is 9.12. The maximum absolute atomic E-state index is 12.6. The number of hydrogen-bond donors (Lipinski definition) is 2. The third-order valence-corrected chi connectivity index (χ3v) is 5.33. The van der Waals surface area contributed by atoms with Crippen LogP contribution in [0.5, 0.6) is 5.75 Å². The van der Waals surface area contributed by atoms with Gasteiger partial charge in [-0.05, 0) is 48.0 Å². The Morgan fingerprint density at radius 2 is 1.74 bits per heavy atom. The summed E-state index contributed by atoms with van der Waals surface area (Å²) in [6, 6.07) is 15.2. The maximum Gasteiger partial charge on any atom is 0.323 e. The Hall–Kier alpha value is -3.06. The first-order valence-corrected chi connectivity index (χ1v) is 10.3. The molecule has 1 aromatic heterocycles. The molecular weight excluding hydrogens is 459 g/mol. The summed E-state index contributed by atoms with van der Waals surface area (Å²) in [7, 11) is 0. The van der Waals surface area contributed by atoms with Crippen molar-refractivity contribution in [2.75, 3.05) is 10.6 Å². The number of hydrogen-bond acceptors (Lipinski definition) is 4. The van der Waals surface area contributed by atoms with E-state index in [2.05, 4.69) is 20.6 Å². The Kier molecular flexibility index (Phi) is 6.42. The summed E-state index contributed by atoms with van der Waals surface area (Å²) in [6.45, 7) is 0.291. The lowest BCUT2D eigenvalue weighted by Gasteiger charge is -2.14. The number of ether oxygens (including phenoxy) is 1. The molecular formula is C22H15Cl3N4O2. The Morgan fingerprint density at radius 1 is 0.935 bits per heavy atom. The van der Waals surface area contributed by atoms with Crippen molar-refractivity contribution in [2.45, 2.75) is 6.61 Å². The van der Waals surface area contributed by atoms with Gasteiger partial charge in [0.1, 0.15) is 18.7 Å². The van der Waals surface area contributed by atoms with Crippen molar-refractivity contribution in [3.63, 3.8) is 0 Å². The highest BCUT2D eigenvalue weighted by Crippen LogP contribution is 2.31. The lowest BCUT2D eigenvalue weighted by Crippen LogP contribution is -2.20. The molecule has 3 aromatic carbocycles. The highest BCUT2D eigenvalue weighted by atomic mass is 35.5. The Labute approximate surface area is 193 Å². The van der Waals surface area contributed by atoms with E-state index in [1.807, 2.05) is 12.1 Å². The smallest absolute Gasteiger partial charge is 0.323 e. The SMILES string of the molecule is O=C(Nc1ccc(Cl)c(Cl)c1)Nc1cc2ncncc2cc1OCc1ccc(Cl)cc1. The number of nitrogens with zero attached hydrogens (tertiary/aromatic N) is 2. The monoisotopic (exact) mass is 472 g/mol. The molecule has 31 heavy (non-hydrogen) atoms. The van der Waals surface area contributed by atoms with Crippen LogP contribution in [0.4, 0.5) is 16.2 Å². The number of carbonyl (C=O) groups excluding carboxylic acids is 1. The molecule has 0 radical (unpaired) electrons. The van der Waals surface area contributed by atoms with Gasteiger partial charge in [0.25, 0.3) is 0 Å². The van der Waals surface area contributed by atoms with Gasteiger partial charge in [-0.1, -0.05) is 46.9 Å². The average Bonchev–Trinajstić information content (AvgIpc) is 2.76. The summed E-state index contributed by atoms with van der Waals surface area (Å²) in [5.74, 6) is 0.474. The number of rotatable bonds is 5. The minimum atomic E-state index is -0.469. The summed E-state index contributed by atoms with van der Waals surface area (Å²) >= 11 is 17.9. The van der Waals surface area contributed by atoms with Gasteiger partial charge in [-0.15, -0.1) is 0 Å². The summed E-state index contributed by atoms with van der Waals surface area (Å²) in [4.78, 5) is 20.9. The molecule has 0 aliphatic rings. The van der Waals surface area contributed by atoms with Gasteiger partial charge in [-0.25, -0.2) is 14.8 Å². The first kappa shape index (κ1) is 21.2. The van der Waals surface area contributed by atoms with Crippen molar-refractivity contribution in [3.8, 4) is 5.75 Å². The fraction of sp³-hybridized carbons (Fsp3) is 0.0455. The molecule has 4 aromatic rings. The third-order valence-electron chi connectivity index (χ3n) is 4.34. The number of nitrogens with one attached hydrogen (secondary N) is 2. The molecule has 0 aliphatic heterocycles. The van der Waals surface area contributed by atoms with Crippen molar-refractivity contribution in [1.82, 2.24) is 9.97 Å².